The normalized spacial score (nSPS) is 15.6. The second-order valence-electron chi connectivity index (χ2n) is 8.25. The molecule has 1 unspecified atom stereocenters. The molecule has 0 radical (unpaired) electrons. The summed E-state index contributed by atoms with van der Waals surface area (Å²) in [6.07, 6.45) is 7.31. The number of aromatic nitrogens is 1. The monoisotopic (exact) mass is 392 g/mol. The Balaban J connectivity index is 1.72. The van der Waals surface area contributed by atoms with Gasteiger partial charge in [0.05, 0.1) is 18.2 Å². The predicted octanol–water partition coefficient (Wildman–Crippen LogP) is 5.25. The van der Waals surface area contributed by atoms with Gasteiger partial charge in [-0.2, -0.15) is 0 Å². The standard InChI is InChI=1S/C24H28N2O3/c1-15(24(27)28)10-17-11-20(18-6-7-22-19(13-18)8-9-26-22)23(21(25)12-17)29-14-16-4-2-3-5-16/h6-9,11-13,15-16,26H,2-5,10,14,25H2,1H3,(H,27,28). The maximum Gasteiger partial charge on any atom is 0.306 e. The first-order chi connectivity index (χ1) is 14.0. The molecule has 1 atom stereocenters. The minimum atomic E-state index is -0.805. The third-order valence-electron chi connectivity index (χ3n) is 5.94. The fraction of sp³-hybridized carbons (Fsp3) is 0.375. The van der Waals surface area contributed by atoms with Crippen LogP contribution < -0.4 is 10.5 Å². The number of hydrogen-bond donors (Lipinski definition) is 3. The molecule has 0 aliphatic heterocycles. The minimum absolute atomic E-state index is 0.432. The zero-order chi connectivity index (χ0) is 20.4. The van der Waals surface area contributed by atoms with Crippen LogP contribution in [0.25, 0.3) is 22.0 Å². The number of hydrogen-bond acceptors (Lipinski definition) is 3. The Morgan fingerprint density at radius 1 is 1.24 bits per heavy atom. The minimum Gasteiger partial charge on any atom is -0.490 e. The second kappa shape index (κ2) is 8.19. The first kappa shape index (κ1) is 19.4. The molecule has 2 aromatic carbocycles. The fourth-order valence-corrected chi connectivity index (χ4v) is 4.25. The number of aromatic amines is 1. The molecule has 1 fully saturated rings. The quantitative estimate of drug-likeness (QED) is 0.479. The third kappa shape index (κ3) is 4.24. The predicted molar refractivity (Wildman–Crippen MR) is 116 cm³/mol. The largest absolute Gasteiger partial charge is 0.490 e. The van der Waals surface area contributed by atoms with E-state index in [0.29, 0.717) is 30.4 Å². The average molecular weight is 392 g/mol. The molecular formula is C24H28N2O3. The number of rotatable bonds is 7. The Kier molecular flexibility index (Phi) is 5.47. The lowest BCUT2D eigenvalue weighted by Gasteiger charge is -2.19. The number of carboxylic acids is 1. The molecule has 4 N–H and O–H groups in total. The Labute approximate surface area is 170 Å². The molecule has 152 valence electrons. The van der Waals surface area contributed by atoms with Crippen LogP contribution >= 0.6 is 0 Å². The van der Waals surface area contributed by atoms with Gasteiger partial charge in [0, 0.05) is 17.3 Å². The molecular weight excluding hydrogens is 364 g/mol. The molecule has 0 saturated heterocycles. The number of nitrogens with one attached hydrogen (secondary N) is 1. The van der Waals surface area contributed by atoms with E-state index in [1.165, 1.54) is 25.7 Å². The van der Waals surface area contributed by atoms with Crippen molar-refractivity contribution in [3.63, 3.8) is 0 Å². The summed E-state index contributed by atoms with van der Waals surface area (Å²) < 4.78 is 6.26. The molecule has 3 aromatic rings. The van der Waals surface area contributed by atoms with E-state index in [1.54, 1.807) is 6.92 Å². The number of carbonyl (C=O) groups is 1. The van der Waals surface area contributed by atoms with Gasteiger partial charge in [0.2, 0.25) is 0 Å². The summed E-state index contributed by atoms with van der Waals surface area (Å²) in [6.45, 7) is 2.39. The summed E-state index contributed by atoms with van der Waals surface area (Å²) in [5.41, 5.74) is 10.9. The summed E-state index contributed by atoms with van der Waals surface area (Å²) in [4.78, 5) is 14.5. The van der Waals surface area contributed by atoms with Gasteiger partial charge in [-0.25, -0.2) is 0 Å². The van der Waals surface area contributed by atoms with Crippen LogP contribution in [0.4, 0.5) is 5.69 Å². The van der Waals surface area contributed by atoms with Crippen LogP contribution in [-0.4, -0.2) is 22.7 Å². The highest BCUT2D eigenvalue weighted by Gasteiger charge is 2.20. The summed E-state index contributed by atoms with van der Waals surface area (Å²) in [7, 11) is 0. The summed E-state index contributed by atoms with van der Waals surface area (Å²) in [6, 6.07) is 12.2. The van der Waals surface area contributed by atoms with Gasteiger partial charge in [-0.15, -0.1) is 0 Å². The van der Waals surface area contributed by atoms with Gasteiger partial charge in [-0.1, -0.05) is 25.8 Å². The molecule has 5 nitrogen and oxygen atoms in total. The Bertz CT molecular complexity index is 1020. The van der Waals surface area contributed by atoms with Crippen molar-refractivity contribution in [1.82, 2.24) is 4.98 Å². The lowest BCUT2D eigenvalue weighted by atomic mass is 9.95. The molecule has 1 saturated carbocycles. The number of nitrogen functional groups attached to an aromatic ring is 1. The Morgan fingerprint density at radius 3 is 2.79 bits per heavy atom. The van der Waals surface area contributed by atoms with Crippen LogP contribution in [-0.2, 0) is 11.2 Å². The highest BCUT2D eigenvalue weighted by atomic mass is 16.5. The van der Waals surface area contributed by atoms with E-state index < -0.39 is 11.9 Å². The topological polar surface area (TPSA) is 88.3 Å². The first-order valence-corrected chi connectivity index (χ1v) is 10.4. The number of nitrogens with two attached hydrogens (primary N) is 1. The molecule has 1 aliphatic rings. The average Bonchev–Trinajstić information content (AvgIpc) is 3.37. The van der Waals surface area contributed by atoms with Crippen molar-refractivity contribution in [3.05, 3.63) is 48.2 Å². The van der Waals surface area contributed by atoms with Crippen molar-refractivity contribution in [3.8, 4) is 16.9 Å². The van der Waals surface area contributed by atoms with E-state index in [4.69, 9.17) is 10.5 Å². The molecule has 4 rings (SSSR count). The maximum absolute atomic E-state index is 11.3. The van der Waals surface area contributed by atoms with Gasteiger partial charge < -0.3 is 20.6 Å². The highest BCUT2D eigenvalue weighted by molar-refractivity contribution is 5.88. The van der Waals surface area contributed by atoms with E-state index >= 15 is 0 Å². The zero-order valence-corrected chi connectivity index (χ0v) is 16.8. The van der Waals surface area contributed by atoms with E-state index in [2.05, 4.69) is 17.1 Å². The lowest BCUT2D eigenvalue weighted by Crippen LogP contribution is -2.13. The SMILES string of the molecule is CC(Cc1cc(N)c(OCC2CCCC2)c(-c2ccc3[nH]ccc3c2)c1)C(=O)O. The lowest BCUT2D eigenvalue weighted by molar-refractivity contribution is -0.141. The van der Waals surface area contributed by atoms with E-state index in [1.807, 2.05) is 30.5 Å². The van der Waals surface area contributed by atoms with Crippen molar-refractivity contribution in [2.75, 3.05) is 12.3 Å². The second-order valence-corrected chi connectivity index (χ2v) is 8.25. The molecule has 29 heavy (non-hydrogen) atoms. The van der Waals surface area contributed by atoms with Crippen molar-refractivity contribution >= 4 is 22.6 Å². The summed E-state index contributed by atoms with van der Waals surface area (Å²) >= 11 is 0. The molecule has 5 heteroatoms. The van der Waals surface area contributed by atoms with Crippen molar-refractivity contribution in [1.29, 1.82) is 0 Å². The molecule has 1 heterocycles. The fourth-order valence-electron chi connectivity index (χ4n) is 4.25. The molecule has 1 aromatic heterocycles. The van der Waals surface area contributed by atoms with Crippen LogP contribution in [0.5, 0.6) is 5.75 Å². The number of ether oxygens (including phenoxy) is 1. The van der Waals surface area contributed by atoms with Crippen molar-refractivity contribution in [2.24, 2.45) is 11.8 Å². The van der Waals surface area contributed by atoms with Gasteiger partial charge in [0.15, 0.2) is 0 Å². The van der Waals surface area contributed by atoms with Crippen LogP contribution in [0.2, 0.25) is 0 Å². The van der Waals surface area contributed by atoms with Gasteiger partial charge in [-0.3, -0.25) is 4.79 Å². The number of carboxylic acid groups (broad SMARTS) is 1. The van der Waals surface area contributed by atoms with Crippen LogP contribution in [0.1, 0.15) is 38.2 Å². The van der Waals surface area contributed by atoms with Crippen molar-refractivity contribution in [2.45, 2.75) is 39.0 Å². The molecule has 0 spiro atoms. The van der Waals surface area contributed by atoms with Gasteiger partial charge in [-0.05, 0) is 72.0 Å². The maximum atomic E-state index is 11.3. The third-order valence-corrected chi connectivity index (χ3v) is 5.94. The van der Waals surface area contributed by atoms with Gasteiger partial charge >= 0.3 is 5.97 Å². The number of benzene rings is 2. The molecule has 1 aliphatic carbocycles. The smallest absolute Gasteiger partial charge is 0.306 e. The van der Waals surface area contributed by atoms with Crippen LogP contribution in [0.3, 0.4) is 0 Å². The Hall–Kier alpha value is -2.95. The number of fused-ring (bicyclic) bond motifs is 1. The summed E-state index contributed by atoms with van der Waals surface area (Å²) in [5, 5.41) is 10.4. The van der Waals surface area contributed by atoms with E-state index in [-0.39, 0.29) is 0 Å². The highest BCUT2D eigenvalue weighted by Crippen LogP contribution is 2.39. The van der Waals surface area contributed by atoms with Crippen molar-refractivity contribution < 1.29 is 14.6 Å². The number of anilines is 1. The number of H-pyrrole nitrogens is 1. The van der Waals surface area contributed by atoms with Crippen LogP contribution in [0, 0.1) is 11.8 Å². The van der Waals surface area contributed by atoms with E-state index in [9.17, 15) is 9.90 Å². The Morgan fingerprint density at radius 2 is 2.03 bits per heavy atom. The molecule has 0 amide bonds. The van der Waals surface area contributed by atoms with Crippen LogP contribution in [0.15, 0.2) is 42.6 Å². The zero-order valence-electron chi connectivity index (χ0n) is 16.8. The summed E-state index contributed by atoms with van der Waals surface area (Å²) in [5.74, 6) is 0.0136. The molecule has 0 bridgehead atoms. The number of aliphatic carboxylic acids is 1. The van der Waals surface area contributed by atoms with E-state index in [0.717, 1.165) is 27.6 Å². The van der Waals surface area contributed by atoms with Gasteiger partial charge in [0.1, 0.15) is 5.75 Å². The van der Waals surface area contributed by atoms with Gasteiger partial charge in [0.25, 0.3) is 0 Å². The first-order valence-electron chi connectivity index (χ1n) is 10.4.